The van der Waals surface area contributed by atoms with Crippen LogP contribution in [0.5, 0.6) is 0 Å². The molecule has 4 nitrogen and oxygen atoms in total. The van der Waals surface area contributed by atoms with Crippen LogP contribution in [0.25, 0.3) is 0 Å². The minimum Gasteiger partial charge on any atom is -0.389 e. The van der Waals surface area contributed by atoms with E-state index in [1.807, 2.05) is 24.3 Å². The average Bonchev–Trinajstić information content (AvgIpc) is 2.81. The molecule has 5 heteroatoms. The molecule has 2 rings (SSSR count). The first-order valence-corrected chi connectivity index (χ1v) is 6.27. The summed E-state index contributed by atoms with van der Waals surface area (Å²) in [5.41, 5.74) is 7.71. The first kappa shape index (κ1) is 13.3. The van der Waals surface area contributed by atoms with Crippen molar-refractivity contribution in [3.63, 3.8) is 0 Å². The lowest BCUT2D eigenvalue weighted by atomic mass is 10.1. The van der Waals surface area contributed by atoms with Gasteiger partial charge in [-0.25, -0.2) is 0 Å². The molecular weight excluding hydrogens is 248 g/mol. The summed E-state index contributed by atoms with van der Waals surface area (Å²) in [6, 6.07) is 7.90. The van der Waals surface area contributed by atoms with E-state index in [1.165, 1.54) is 0 Å². The Morgan fingerprint density at radius 3 is 2.28 bits per heavy atom. The van der Waals surface area contributed by atoms with Gasteiger partial charge in [0.1, 0.15) is 17.2 Å². The van der Waals surface area contributed by atoms with Crippen LogP contribution in [0.4, 0.5) is 5.69 Å². The van der Waals surface area contributed by atoms with E-state index in [-0.39, 0.29) is 12.2 Å². The maximum absolute atomic E-state index is 5.76. The van der Waals surface area contributed by atoms with Crippen molar-refractivity contribution >= 4 is 22.9 Å². The van der Waals surface area contributed by atoms with Crippen molar-refractivity contribution < 1.29 is 9.47 Å². The van der Waals surface area contributed by atoms with Crippen LogP contribution in [0, 0.1) is 0 Å². The van der Waals surface area contributed by atoms with Crippen LogP contribution >= 0.6 is 12.2 Å². The third kappa shape index (κ3) is 2.48. The molecule has 1 saturated heterocycles. The van der Waals surface area contributed by atoms with Gasteiger partial charge in [0.05, 0.1) is 0 Å². The number of para-hydroxylation sites is 1. The molecule has 1 aliphatic rings. The number of nitrogens with zero attached hydrogens (tertiary/aromatic N) is 1. The van der Waals surface area contributed by atoms with Gasteiger partial charge in [-0.05, 0) is 12.1 Å². The molecular formula is C13H18N2O2S. The van der Waals surface area contributed by atoms with Crippen molar-refractivity contribution in [1.82, 2.24) is 0 Å². The zero-order chi connectivity index (χ0) is 13.1. The Balaban J connectivity index is 2.26. The number of hydrogen-bond donors (Lipinski definition) is 1. The summed E-state index contributed by atoms with van der Waals surface area (Å²) in [6.45, 7) is 1.57. The molecule has 98 valence electrons. The van der Waals surface area contributed by atoms with Gasteiger partial charge >= 0.3 is 0 Å². The smallest absolute Gasteiger partial charge is 0.106 e. The Morgan fingerprint density at radius 1 is 1.22 bits per heavy atom. The fraction of sp³-hybridized carbons (Fsp3) is 0.462. The van der Waals surface area contributed by atoms with Crippen molar-refractivity contribution in [3.05, 3.63) is 29.8 Å². The minimum atomic E-state index is 0.0782. The van der Waals surface area contributed by atoms with Crippen molar-refractivity contribution in [1.29, 1.82) is 0 Å². The quantitative estimate of drug-likeness (QED) is 0.829. The molecule has 0 aliphatic carbocycles. The number of nitrogens with two attached hydrogens (primary N) is 1. The van der Waals surface area contributed by atoms with Crippen molar-refractivity contribution in [2.45, 2.75) is 12.2 Å². The van der Waals surface area contributed by atoms with Crippen molar-refractivity contribution in [2.75, 3.05) is 32.2 Å². The van der Waals surface area contributed by atoms with Gasteiger partial charge in [-0.1, -0.05) is 24.4 Å². The van der Waals surface area contributed by atoms with E-state index in [9.17, 15) is 0 Å². The van der Waals surface area contributed by atoms with Crippen LogP contribution in [-0.2, 0) is 9.47 Å². The molecule has 18 heavy (non-hydrogen) atoms. The van der Waals surface area contributed by atoms with Crippen molar-refractivity contribution in [3.8, 4) is 0 Å². The first-order chi connectivity index (χ1) is 8.67. The van der Waals surface area contributed by atoms with Gasteiger partial charge in [0.15, 0.2) is 0 Å². The second kappa shape index (κ2) is 5.65. The molecule has 1 heterocycles. The SMILES string of the molecule is COC1CN(c2ccccc2C(N)=S)CC1OC. The third-order valence-electron chi connectivity index (χ3n) is 3.33. The maximum Gasteiger partial charge on any atom is 0.106 e. The molecule has 2 unspecified atom stereocenters. The normalized spacial score (nSPS) is 23.3. The summed E-state index contributed by atoms with van der Waals surface area (Å²) in [5, 5.41) is 0. The topological polar surface area (TPSA) is 47.7 Å². The molecule has 2 atom stereocenters. The summed E-state index contributed by atoms with van der Waals surface area (Å²) in [4.78, 5) is 2.62. The highest BCUT2D eigenvalue weighted by Crippen LogP contribution is 2.26. The Morgan fingerprint density at radius 2 is 1.78 bits per heavy atom. The van der Waals surface area contributed by atoms with E-state index in [1.54, 1.807) is 14.2 Å². The Labute approximate surface area is 113 Å². The van der Waals surface area contributed by atoms with Crippen LogP contribution in [0.15, 0.2) is 24.3 Å². The number of thiocarbonyl (C=S) groups is 1. The molecule has 1 aromatic rings. The predicted molar refractivity (Wildman–Crippen MR) is 76.1 cm³/mol. The van der Waals surface area contributed by atoms with Gasteiger partial charge in [0.2, 0.25) is 0 Å². The standard InChI is InChI=1S/C13H18N2O2S/c1-16-11-7-15(8-12(11)17-2)10-6-4-3-5-9(10)13(14)18/h3-6,11-12H,7-8H2,1-2H3,(H2,14,18). The van der Waals surface area contributed by atoms with Gasteiger partial charge in [-0.15, -0.1) is 0 Å². The molecule has 0 amide bonds. The Hall–Kier alpha value is -1.17. The van der Waals surface area contributed by atoms with Gasteiger partial charge in [0.25, 0.3) is 0 Å². The summed E-state index contributed by atoms with van der Waals surface area (Å²) in [6.07, 6.45) is 0.156. The highest BCUT2D eigenvalue weighted by atomic mass is 32.1. The molecule has 0 radical (unpaired) electrons. The van der Waals surface area contributed by atoms with E-state index < -0.39 is 0 Å². The first-order valence-electron chi connectivity index (χ1n) is 5.86. The molecule has 1 fully saturated rings. The maximum atomic E-state index is 5.76. The molecule has 1 aromatic carbocycles. The van der Waals surface area contributed by atoms with E-state index in [0.717, 1.165) is 24.3 Å². The monoisotopic (exact) mass is 266 g/mol. The van der Waals surface area contributed by atoms with Gasteiger partial charge in [0, 0.05) is 38.6 Å². The lowest BCUT2D eigenvalue weighted by Gasteiger charge is -2.21. The summed E-state index contributed by atoms with van der Waals surface area (Å²) >= 11 is 5.09. The second-order valence-corrected chi connectivity index (χ2v) is 4.77. The van der Waals surface area contributed by atoms with Crippen molar-refractivity contribution in [2.24, 2.45) is 5.73 Å². The Bertz CT molecular complexity index is 427. The zero-order valence-corrected chi connectivity index (χ0v) is 11.4. The predicted octanol–water partition coefficient (Wildman–Crippen LogP) is 1.17. The zero-order valence-electron chi connectivity index (χ0n) is 10.6. The van der Waals surface area contributed by atoms with E-state index in [0.29, 0.717) is 4.99 Å². The van der Waals surface area contributed by atoms with Crippen LogP contribution in [0.3, 0.4) is 0 Å². The van der Waals surface area contributed by atoms with E-state index in [2.05, 4.69) is 4.90 Å². The third-order valence-corrected chi connectivity index (χ3v) is 3.55. The van der Waals surface area contributed by atoms with Crippen LogP contribution in [-0.4, -0.2) is 44.5 Å². The summed E-state index contributed by atoms with van der Waals surface area (Å²) < 4.78 is 10.9. The van der Waals surface area contributed by atoms with Gasteiger partial charge in [-0.3, -0.25) is 0 Å². The number of methoxy groups -OCH3 is 2. The number of rotatable bonds is 4. The number of hydrogen-bond acceptors (Lipinski definition) is 4. The average molecular weight is 266 g/mol. The van der Waals surface area contributed by atoms with Crippen LogP contribution in [0.1, 0.15) is 5.56 Å². The van der Waals surface area contributed by atoms with E-state index in [4.69, 9.17) is 27.4 Å². The second-order valence-electron chi connectivity index (χ2n) is 4.33. The molecule has 1 aliphatic heterocycles. The summed E-state index contributed by atoms with van der Waals surface area (Å²) in [7, 11) is 3.42. The fourth-order valence-corrected chi connectivity index (χ4v) is 2.52. The number of benzene rings is 1. The highest BCUT2D eigenvalue weighted by molar-refractivity contribution is 7.80. The number of anilines is 1. The minimum absolute atomic E-state index is 0.0782. The molecule has 0 aromatic heterocycles. The Kier molecular flexibility index (Phi) is 4.16. The van der Waals surface area contributed by atoms with Crippen LogP contribution in [0.2, 0.25) is 0 Å². The lowest BCUT2D eigenvalue weighted by molar-refractivity contribution is -0.00461. The fourth-order valence-electron chi connectivity index (χ4n) is 2.35. The lowest BCUT2D eigenvalue weighted by Crippen LogP contribution is -2.27. The summed E-state index contributed by atoms with van der Waals surface area (Å²) in [5.74, 6) is 0. The van der Waals surface area contributed by atoms with Crippen LogP contribution < -0.4 is 10.6 Å². The largest absolute Gasteiger partial charge is 0.389 e. The highest BCUT2D eigenvalue weighted by Gasteiger charge is 2.33. The molecule has 2 N–H and O–H groups in total. The molecule has 0 bridgehead atoms. The van der Waals surface area contributed by atoms with Gasteiger partial charge < -0.3 is 20.1 Å². The molecule has 0 saturated carbocycles. The molecule has 0 spiro atoms. The number of ether oxygens (including phenoxy) is 2. The van der Waals surface area contributed by atoms with Gasteiger partial charge in [-0.2, -0.15) is 0 Å². The van der Waals surface area contributed by atoms with E-state index >= 15 is 0 Å².